The van der Waals surface area contributed by atoms with Crippen molar-refractivity contribution in [3.05, 3.63) is 65.2 Å². The maximum absolute atomic E-state index is 12.8. The highest BCUT2D eigenvalue weighted by molar-refractivity contribution is 5.90. The minimum atomic E-state index is -0.415. The molecule has 0 spiro atoms. The summed E-state index contributed by atoms with van der Waals surface area (Å²) >= 11 is 0. The van der Waals surface area contributed by atoms with Crippen molar-refractivity contribution in [2.45, 2.75) is 39.0 Å². The van der Waals surface area contributed by atoms with Crippen molar-refractivity contribution in [2.75, 3.05) is 31.1 Å². The predicted octanol–water partition coefficient (Wildman–Crippen LogP) is 4.12. The normalized spacial score (nSPS) is 14.9. The van der Waals surface area contributed by atoms with Crippen LogP contribution in [0.4, 0.5) is 5.69 Å². The third-order valence-electron chi connectivity index (χ3n) is 5.32. The number of esters is 1. The molecule has 0 aliphatic carbocycles. The lowest BCUT2D eigenvalue weighted by Crippen LogP contribution is -2.30. The first-order valence-electron chi connectivity index (χ1n) is 10.5. The first-order chi connectivity index (χ1) is 14.1. The highest BCUT2D eigenvalue weighted by Gasteiger charge is 2.23. The second-order valence-corrected chi connectivity index (χ2v) is 7.31. The smallest absolute Gasteiger partial charge is 0.338 e. The van der Waals surface area contributed by atoms with Crippen molar-refractivity contribution >= 4 is 17.6 Å². The van der Waals surface area contributed by atoms with Crippen molar-refractivity contribution in [1.82, 2.24) is 5.32 Å². The van der Waals surface area contributed by atoms with Crippen molar-refractivity contribution in [1.29, 1.82) is 0 Å². The van der Waals surface area contributed by atoms with Gasteiger partial charge < -0.3 is 15.0 Å². The van der Waals surface area contributed by atoms with Crippen LogP contribution in [0.2, 0.25) is 0 Å². The molecule has 0 saturated carbocycles. The Balaban J connectivity index is 1.85. The van der Waals surface area contributed by atoms with Crippen molar-refractivity contribution < 1.29 is 14.3 Å². The van der Waals surface area contributed by atoms with E-state index in [2.05, 4.69) is 22.3 Å². The van der Waals surface area contributed by atoms with Crippen molar-refractivity contribution in [3.63, 3.8) is 0 Å². The fourth-order valence-electron chi connectivity index (χ4n) is 3.83. The topological polar surface area (TPSA) is 58.6 Å². The number of rotatable bonds is 7. The Labute approximate surface area is 173 Å². The third kappa shape index (κ3) is 5.17. The van der Waals surface area contributed by atoms with Crippen LogP contribution >= 0.6 is 0 Å². The molecule has 1 amide bonds. The molecule has 154 valence electrons. The molecule has 1 heterocycles. The first kappa shape index (κ1) is 20.9. The average molecular weight is 395 g/mol. The largest absolute Gasteiger partial charge is 0.462 e. The maximum atomic E-state index is 12.8. The van der Waals surface area contributed by atoms with E-state index in [1.54, 1.807) is 19.1 Å². The second-order valence-electron chi connectivity index (χ2n) is 7.31. The van der Waals surface area contributed by atoms with Crippen LogP contribution in [0.25, 0.3) is 0 Å². The highest BCUT2D eigenvalue weighted by Crippen LogP contribution is 2.28. The van der Waals surface area contributed by atoms with E-state index in [1.807, 2.05) is 31.2 Å². The lowest BCUT2D eigenvalue weighted by molar-refractivity contribution is -0.121. The zero-order chi connectivity index (χ0) is 20.6. The summed E-state index contributed by atoms with van der Waals surface area (Å²) < 4.78 is 5.05. The van der Waals surface area contributed by atoms with Gasteiger partial charge in [-0.25, -0.2) is 4.79 Å². The van der Waals surface area contributed by atoms with Gasteiger partial charge in [0.1, 0.15) is 0 Å². The Morgan fingerprint density at radius 2 is 1.52 bits per heavy atom. The summed E-state index contributed by atoms with van der Waals surface area (Å²) in [7, 11) is 0. The minimum Gasteiger partial charge on any atom is -0.462 e. The number of nitrogens with one attached hydrogen (secondary N) is 1. The average Bonchev–Trinajstić information content (AvgIpc) is 2.76. The van der Waals surface area contributed by atoms with Gasteiger partial charge in [-0.2, -0.15) is 0 Å². The molecule has 29 heavy (non-hydrogen) atoms. The molecule has 1 atom stereocenters. The summed E-state index contributed by atoms with van der Waals surface area (Å²) in [6.07, 6.45) is 3.77. The molecule has 1 N–H and O–H groups in total. The number of benzene rings is 2. The Morgan fingerprint density at radius 3 is 2.07 bits per heavy atom. The summed E-state index contributed by atoms with van der Waals surface area (Å²) in [6, 6.07) is 15.4. The van der Waals surface area contributed by atoms with Gasteiger partial charge in [-0.3, -0.25) is 4.79 Å². The number of hydrogen-bond donors (Lipinski definition) is 1. The Kier molecular flexibility index (Phi) is 7.28. The molecule has 3 rings (SSSR count). The van der Waals surface area contributed by atoms with Gasteiger partial charge in [-0.1, -0.05) is 24.3 Å². The molecule has 1 unspecified atom stereocenters. The van der Waals surface area contributed by atoms with E-state index < -0.39 is 5.92 Å². The standard InChI is InChI=1S/C24H30N2O3/c1-3-25-23(27)22(18-8-10-20(11-9-18)24(28)29-4-2)19-12-14-21(15-13-19)26-16-6-5-7-17-26/h8-15,22H,3-7,16-17H2,1-2H3,(H,25,27). The fraction of sp³-hybridized carbons (Fsp3) is 0.417. The lowest BCUT2D eigenvalue weighted by Gasteiger charge is -2.29. The third-order valence-corrected chi connectivity index (χ3v) is 5.32. The van der Waals surface area contributed by atoms with Crippen LogP contribution in [-0.2, 0) is 9.53 Å². The molecule has 1 fully saturated rings. The number of amides is 1. The van der Waals surface area contributed by atoms with Crippen LogP contribution in [0.5, 0.6) is 0 Å². The molecular weight excluding hydrogens is 364 g/mol. The van der Waals surface area contributed by atoms with Gasteiger partial charge in [0.15, 0.2) is 0 Å². The van der Waals surface area contributed by atoms with Gasteiger partial charge >= 0.3 is 5.97 Å². The number of likely N-dealkylation sites (N-methyl/N-ethyl adjacent to an activating group) is 1. The zero-order valence-corrected chi connectivity index (χ0v) is 17.3. The lowest BCUT2D eigenvalue weighted by atomic mass is 9.89. The van der Waals surface area contributed by atoms with Gasteiger partial charge in [0, 0.05) is 25.3 Å². The summed E-state index contributed by atoms with van der Waals surface area (Å²) in [5, 5.41) is 2.94. The van der Waals surface area contributed by atoms with E-state index in [9.17, 15) is 9.59 Å². The van der Waals surface area contributed by atoms with Crippen LogP contribution in [0.15, 0.2) is 48.5 Å². The zero-order valence-electron chi connectivity index (χ0n) is 17.3. The maximum Gasteiger partial charge on any atom is 0.338 e. The first-order valence-corrected chi connectivity index (χ1v) is 10.5. The predicted molar refractivity (Wildman–Crippen MR) is 115 cm³/mol. The van der Waals surface area contributed by atoms with Crippen LogP contribution in [0.3, 0.4) is 0 Å². The van der Waals surface area contributed by atoms with Gasteiger partial charge in [0.2, 0.25) is 5.91 Å². The quantitative estimate of drug-likeness (QED) is 0.718. The molecule has 1 saturated heterocycles. The van der Waals surface area contributed by atoms with E-state index in [0.29, 0.717) is 18.7 Å². The Morgan fingerprint density at radius 1 is 0.931 bits per heavy atom. The molecule has 5 nitrogen and oxygen atoms in total. The van der Waals surface area contributed by atoms with Crippen LogP contribution in [0.1, 0.15) is 60.5 Å². The molecule has 2 aromatic carbocycles. The summed E-state index contributed by atoms with van der Waals surface area (Å²) in [5.74, 6) is -0.803. The number of carbonyl (C=O) groups is 2. The van der Waals surface area contributed by atoms with E-state index in [0.717, 1.165) is 24.2 Å². The summed E-state index contributed by atoms with van der Waals surface area (Å²) in [6.45, 7) is 6.79. The Hall–Kier alpha value is -2.82. The molecule has 1 aliphatic heterocycles. The second kappa shape index (κ2) is 10.1. The molecule has 0 aromatic heterocycles. The number of piperidine rings is 1. The van der Waals surface area contributed by atoms with Crippen LogP contribution < -0.4 is 10.2 Å². The monoisotopic (exact) mass is 394 g/mol. The van der Waals surface area contributed by atoms with E-state index in [4.69, 9.17) is 4.74 Å². The SMILES string of the molecule is CCNC(=O)C(c1ccc(C(=O)OCC)cc1)c1ccc(N2CCCCC2)cc1. The van der Waals surface area contributed by atoms with Crippen LogP contribution in [0, 0.1) is 0 Å². The molecule has 0 radical (unpaired) electrons. The molecule has 5 heteroatoms. The van der Waals surface area contributed by atoms with Crippen molar-refractivity contribution in [3.8, 4) is 0 Å². The van der Waals surface area contributed by atoms with E-state index >= 15 is 0 Å². The number of hydrogen-bond acceptors (Lipinski definition) is 4. The number of ether oxygens (including phenoxy) is 1. The number of carbonyl (C=O) groups excluding carboxylic acids is 2. The number of nitrogens with zero attached hydrogens (tertiary/aromatic N) is 1. The van der Waals surface area contributed by atoms with E-state index in [1.165, 1.54) is 24.9 Å². The fourth-order valence-corrected chi connectivity index (χ4v) is 3.83. The summed E-state index contributed by atoms with van der Waals surface area (Å²) in [4.78, 5) is 27.2. The number of anilines is 1. The van der Waals surface area contributed by atoms with E-state index in [-0.39, 0.29) is 11.9 Å². The van der Waals surface area contributed by atoms with Gasteiger partial charge in [0.05, 0.1) is 18.1 Å². The minimum absolute atomic E-state index is 0.0397. The molecule has 0 bridgehead atoms. The van der Waals surface area contributed by atoms with Gasteiger partial charge in [-0.05, 0) is 68.5 Å². The van der Waals surface area contributed by atoms with Gasteiger partial charge in [-0.15, -0.1) is 0 Å². The molecule has 2 aromatic rings. The highest BCUT2D eigenvalue weighted by atomic mass is 16.5. The molecule has 1 aliphatic rings. The van der Waals surface area contributed by atoms with Crippen molar-refractivity contribution in [2.24, 2.45) is 0 Å². The molecular formula is C24H30N2O3. The van der Waals surface area contributed by atoms with Gasteiger partial charge in [0.25, 0.3) is 0 Å². The summed E-state index contributed by atoms with van der Waals surface area (Å²) in [5.41, 5.74) is 3.50. The Bertz CT molecular complexity index is 809. The van der Waals surface area contributed by atoms with Crippen LogP contribution in [-0.4, -0.2) is 38.1 Å².